The molecule has 0 aliphatic heterocycles. The fraction of sp³-hybridized carbons (Fsp3) is 0.273. The zero-order valence-electron chi connectivity index (χ0n) is 8.42. The molecule has 1 atom stereocenters. The molecule has 0 bridgehead atoms. The molecule has 0 fully saturated rings. The lowest BCUT2D eigenvalue weighted by Gasteiger charge is -2.21. The molecule has 1 N–H and O–H groups in total. The summed E-state index contributed by atoms with van der Waals surface area (Å²) in [5.74, 6) is 0. The van der Waals surface area contributed by atoms with Crippen molar-refractivity contribution in [2.75, 3.05) is 0 Å². The Balaban J connectivity index is 3.05. The fourth-order valence-electron chi connectivity index (χ4n) is 1.19. The number of hydrogen-bond donors (Lipinski definition) is 1. The largest absolute Gasteiger partial charge is 0.421 e. The predicted molar refractivity (Wildman–Crippen MR) is 64.2 cm³/mol. The highest BCUT2D eigenvalue weighted by molar-refractivity contribution is 14.1. The molecular formula is C11H10F3IO. The van der Waals surface area contributed by atoms with E-state index < -0.39 is 15.4 Å². The second-order valence-corrected chi connectivity index (χ2v) is 4.67. The van der Waals surface area contributed by atoms with Crippen LogP contribution in [0.3, 0.4) is 0 Å². The van der Waals surface area contributed by atoms with E-state index in [4.69, 9.17) is 0 Å². The first kappa shape index (κ1) is 13.5. The maximum atomic E-state index is 12.3. The van der Waals surface area contributed by atoms with E-state index in [9.17, 15) is 18.3 Å². The number of hydrogen-bond acceptors (Lipinski definition) is 1. The van der Waals surface area contributed by atoms with Crippen LogP contribution < -0.4 is 0 Å². The summed E-state index contributed by atoms with van der Waals surface area (Å²) in [6, 6.07) is 8.22. The third-order valence-corrected chi connectivity index (χ3v) is 2.96. The molecule has 1 aromatic rings. The average molecular weight is 342 g/mol. The fourth-order valence-corrected chi connectivity index (χ4v) is 1.79. The van der Waals surface area contributed by atoms with Crippen molar-refractivity contribution in [3.05, 3.63) is 45.6 Å². The van der Waals surface area contributed by atoms with Gasteiger partial charge < -0.3 is 5.11 Å². The van der Waals surface area contributed by atoms with E-state index in [1.54, 1.807) is 30.3 Å². The van der Waals surface area contributed by atoms with Crippen LogP contribution in [0.2, 0.25) is 0 Å². The van der Waals surface area contributed by atoms with Gasteiger partial charge in [0.25, 0.3) is 0 Å². The Hall–Kier alpha value is -0.560. The van der Waals surface area contributed by atoms with Gasteiger partial charge in [0.05, 0.1) is 3.58 Å². The molecule has 0 amide bonds. The smallest absolute Gasteiger partial charge is 0.381 e. The summed E-state index contributed by atoms with van der Waals surface area (Å²) < 4.78 is 36.1. The standard InChI is InChI=1S/C11H10F3IO/c1-10(16,7-9(15)11(12,13)14)8-5-3-2-4-6-8/h2-7,16H,1H3/b9-7-. The lowest BCUT2D eigenvalue weighted by atomic mass is 9.96. The van der Waals surface area contributed by atoms with Gasteiger partial charge in [-0.2, -0.15) is 13.2 Å². The maximum Gasteiger partial charge on any atom is 0.421 e. The third kappa shape index (κ3) is 3.48. The van der Waals surface area contributed by atoms with Crippen molar-refractivity contribution in [1.82, 2.24) is 0 Å². The summed E-state index contributed by atoms with van der Waals surface area (Å²) in [6.45, 7) is 1.33. The lowest BCUT2D eigenvalue weighted by molar-refractivity contribution is -0.0833. The highest BCUT2D eigenvalue weighted by atomic mass is 127. The number of allylic oxidation sites excluding steroid dienone is 1. The molecule has 0 saturated heterocycles. The summed E-state index contributed by atoms with van der Waals surface area (Å²) >= 11 is 1.18. The highest BCUT2D eigenvalue weighted by Gasteiger charge is 2.34. The van der Waals surface area contributed by atoms with Gasteiger partial charge in [0.2, 0.25) is 0 Å². The average Bonchev–Trinajstić information content (AvgIpc) is 2.17. The van der Waals surface area contributed by atoms with Crippen LogP contribution in [0.1, 0.15) is 12.5 Å². The van der Waals surface area contributed by atoms with E-state index in [0.29, 0.717) is 5.56 Å². The molecule has 5 heteroatoms. The molecule has 1 rings (SSSR count). The van der Waals surface area contributed by atoms with Gasteiger partial charge in [0.1, 0.15) is 5.60 Å². The number of halogens is 4. The monoisotopic (exact) mass is 342 g/mol. The molecule has 1 unspecified atom stereocenters. The van der Waals surface area contributed by atoms with Crippen molar-refractivity contribution >= 4 is 22.6 Å². The summed E-state index contributed by atoms with van der Waals surface area (Å²) in [4.78, 5) is 0. The van der Waals surface area contributed by atoms with Crippen LogP contribution in [-0.4, -0.2) is 11.3 Å². The number of aliphatic hydroxyl groups is 1. The van der Waals surface area contributed by atoms with Crippen LogP contribution >= 0.6 is 22.6 Å². The van der Waals surface area contributed by atoms with Crippen LogP contribution in [-0.2, 0) is 5.60 Å². The van der Waals surface area contributed by atoms with E-state index in [-0.39, 0.29) is 0 Å². The van der Waals surface area contributed by atoms with E-state index in [0.717, 1.165) is 6.08 Å². The first-order valence-corrected chi connectivity index (χ1v) is 5.55. The number of alkyl halides is 3. The van der Waals surface area contributed by atoms with Gasteiger partial charge in [-0.25, -0.2) is 0 Å². The van der Waals surface area contributed by atoms with Crippen LogP contribution in [0.5, 0.6) is 0 Å². The van der Waals surface area contributed by atoms with Crippen LogP contribution in [0.15, 0.2) is 40.0 Å². The maximum absolute atomic E-state index is 12.3. The zero-order chi connectivity index (χ0) is 12.4. The second kappa shape index (κ2) is 4.75. The molecule has 0 aliphatic rings. The van der Waals surface area contributed by atoms with Crippen LogP contribution in [0, 0.1) is 0 Å². The van der Waals surface area contributed by atoms with E-state index in [2.05, 4.69) is 0 Å². The normalized spacial score (nSPS) is 17.0. The Morgan fingerprint density at radius 1 is 1.25 bits per heavy atom. The molecule has 0 saturated carbocycles. The molecular weight excluding hydrogens is 332 g/mol. The summed E-state index contributed by atoms with van der Waals surface area (Å²) in [7, 11) is 0. The van der Waals surface area contributed by atoms with Crippen molar-refractivity contribution in [1.29, 1.82) is 0 Å². The van der Waals surface area contributed by atoms with E-state index in [1.165, 1.54) is 29.5 Å². The highest BCUT2D eigenvalue weighted by Crippen LogP contribution is 2.34. The van der Waals surface area contributed by atoms with Crippen LogP contribution in [0.4, 0.5) is 13.2 Å². The van der Waals surface area contributed by atoms with Crippen molar-refractivity contribution in [3.8, 4) is 0 Å². The van der Waals surface area contributed by atoms with E-state index >= 15 is 0 Å². The number of rotatable bonds is 2. The topological polar surface area (TPSA) is 20.2 Å². The van der Waals surface area contributed by atoms with Crippen molar-refractivity contribution in [3.63, 3.8) is 0 Å². The van der Waals surface area contributed by atoms with Gasteiger partial charge >= 0.3 is 6.18 Å². The summed E-state index contributed by atoms with van der Waals surface area (Å²) in [5, 5.41) is 9.94. The Morgan fingerprint density at radius 3 is 2.19 bits per heavy atom. The third-order valence-electron chi connectivity index (χ3n) is 2.04. The Labute approximate surface area is 105 Å². The SMILES string of the molecule is CC(O)(/C=C(\I)C(F)(F)F)c1ccccc1. The molecule has 1 aromatic carbocycles. The summed E-state index contributed by atoms with van der Waals surface area (Å²) in [6.07, 6.45) is -3.61. The molecule has 1 nitrogen and oxygen atoms in total. The van der Waals surface area contributed by atoms with Gasteiger partial charge in [0, 0.05) is 0 Å². The van der Waals surface area contributed by atoms with Crippen LogP contribution in [0.25, 0.3) is 0 Å². The van der Waals surface area contributed by atoms with Gasteiger partial charge in [0.15, 0.2) is 0 Å². The Morgan fingerprint density at radius 2 is 1.75 bits per heavy atom. The second-order valence-electron chi connectivity index (χ2n) is 3.50. The van der Waals surface area contributed by atoms with Gasteiger partial charge in [-0.15, -0.1) is 0 Å². The van der Waals surface area contributed by atoms with Gasteiger partial charge in [-0.1, -0.05) is 30.3 Å². The zero-order valence-corrected chi connectivity index (χ0v) is 10.6. The molecule has 0 aromatic heterocycles. The Kier molecular flexibility index (Phi) is 4.01. The lowest BCUT2D eigenvalue weighted by Crippen LogP contribution is -2.20. The molecule has 0 spiro atoms. The predicted octanol–water partition coefficient (Wildman–Crippen LogP) is 3.78. The first-order valence-electron chi connectivity index (χ1n) is 4.47. The minimum absolute atomic E-state index is 0.424. The van der Waals surface area contributed by atoms with Crippen molar-refractivity contribution < 1.29 is 18.3 Å². The van der Waals surface area contributed by atoms with E-state index in [1.807, 2.05) is 0 Å². The Bertz CT molecular complexity index is 382. The van der Waals surface area contributed by atoms with Gasteiger partial charge in [-0.05, 0) is 41.2 Å². The first-order chi connectivity index (χ1) is 7.23. The summed E-state index contributed by atoms with van der Waals surface area (Å²) in [5.41, 5.74) is -1.19. The molecule has 0 aliphatic carbocycles. The minimum atomic E-state index is -4.42. The van der Waals surface area contributed by atoms with Crippen molar-refractivity contribution in [2.45, 2.75) is 18.7 Å². The minimum Gasteiger partial charge on any atom is -0.381 e. The number of benzene rings is 1. The molecule has 0 radical (unpaired) electrons. The molecule has 16 heavy (non-hydrogen) atoms. The van der Waals surface area contributed by atoms with Crippen molar-refractivity contribution in [2.24, 2.45) is 0 Å². The van der Waals surface area contributed by atoms with Gasteiger partial charge in [-0.3, -0.25) is 0 Å². The molecule has 0 heterocycles. The molecule has 88 valence electrons. The quantitative estimate of drug-likeness (QED) is 0.812.